The molecule has 0 aromatic heterocycles. The van der Waals surface area contributed by atoms with E-state index < -0.39 is 4.92 Å². The smallest absolute Gasteiger partial charge is 0.270 e. The van der Waals surface area contributed by atoms with Crippen LogP contribution in [0.25, 0.3) is 0 Å². The van der Waals surface area contributed by atoms with Gasteiger partial charge in [0.25, 0.3) is 5.69 Å². The molecule has 0 amide bonds. The maximum Gasteiger partial charge on any atom is 0.270 e. The highest BCUT2D eigenvalue weighted by molar-refractivity contribution is 6.31. The second-order valence-corrected chi connectivity index (χ2v) is 5.44. The third kappa shape index (κ3) is 3.23. The van der Waals surface area contributed by atoms with Gasteiger partial charge in [-0.05, 0) is 24.5 Å². The molecule has 1 aliphatic carbocycles. The van der Waals surface area contributed by atoms with Crippen LogP contribution in [-0.2, 0) is 6.54 Å². The lowest BCUT2D eigenvalue weighted by atomic mass is 9.98. The Kier molecular flexibility index (Phi) is 4.39. The number of aliphatic hydroxyl groups is 1. The quantitative estimate of drug-likeness (QED) is 0.644. The molecule has 0 aliphatic heterocycles. The van der Waals surface area contributed by atoms with E-state index in [-0.39, 0.29) is 17.8 Å². The van der Waals surface area contributed by atoms with Crippen LogP contribution >= 0.6 is 11.6 Å². The first kappa shape index (κ1) is 14.2. The van der Waals surface area contributed by atoms with Crippen molar-refractivity contribution in [3.05, 3.63) is 38.9 Å². The zero-order valence-electron chi connectivity index (χ0n) is 10.6. The van der Waals surface area contributed by atoms with Crippen molar-refractivity contribution in [3.63, 3.8) is 0 Å². The summed E-state index contributed by atoms with van der Waals surface area (Å²) >= 11 is 6.04. The number of halogens is 1. The molecule has 6 heteroatoms. The van der Waals surface area contributed by atoms with Crippen molar-refractivity contribution in [1.82, 2.24) is 5.32 Å². The molecule has 19 heavy (non-hydrogen) atoms. The van der Waals surface area contributed by atoms with E-state index in [2.05, 4.69) is 5.32 Å². The molecule has 1 aliphatic rings. The van der Waals surface area contributed by atoms with E-state index in [1.54, 1.807) is 6.07 Å². The Morgan fingerprint density at radius 1 is 1.42 bits per heavy atom. The number of aliphatic hydroxyl groups excluding tert-OH is 1. The monoisotopic (exact) mass is 284 g/mol. The van der Waals surface area contributed by atoms with Crippen molar-refractivity contribution in [3.8, 4) is 0 Å². The fourth-order valence-electron chi connectivity index (χ4n) is 2.52. The van der Waals surface area contributed by atoms with Gasteiger partial charge < -0.3 is 10.4 Å². The van der Waals surface area contributed by atoms with Crippen LogP contribution in [-0.4, -0.2) is 22.2 Å². The highest BCUT2D eigenvalue weighted by atomic mass is 35.5. The number of non-ortho nitro benzene ring substituents is 1. The van der Waals surface area contributed by atoms with Gasteiger partial charge in [0.2, 0.25) is 0 Å². The van der Waals surface area contributed by atoms with E-state index in [1.807, 2.05) is 0 Å². The van der Waals surface area contributed by atoms with Gasteiger partial charge >= 0.3 is 0 Å². The van der Waals surface area contributed by atoms with Gasteiger partial charge in [-0.1, -0.05) is 24.4 Å². The third-order valence-electron chi connectivity index (χ3n) is 3.76. The molecule has 0 unspecified atom stereocenters. The Morgan fingerprint density at radius 2 is 2.11 bits per heavy atom. The van der Waals surface area contributed by atoms with E-state index in [9.17, 15) is 15.2 Å². The van der Waals surface area contributed by atoms with Crippen molar-refractivity contribution >= 4 is 17.3 Å². The minimum absolute atomic E-state index is 0.00788. The standard InChI is InChI=1S/C13H17ClN2O3/c14-12-7-11(16(18)19)4-3-10(12)8-15-13(9-17)5-1-2-6-13/h3-4,7,15,17H,1-2,5-6,8-9H2. The molecule has 5 nitrogen and oxygen atoms in total. The number of nitrogens with zero attached hydrogens (tertiary/aromatic N) is 1. The Labute approximate surface area is 116 Å². The molecule has 0 spiro atoms. The van der Waals surface area contributed by atoms with Crippen LogP contribution in [0.4, 0.5) is 5.69 Å². The molecule has 0 radical (unpaired) electrons. The second-order valence-electron chi connectivity index (χ2n) is 5.03. The summed E-state index contributed by atoms with van der Waals surface area (Å²) < 4.78 is 0. The minimum atomic E-state index is -0.463. The lowest BCUT2D eigenvalue weighted by molar-refractivity contribution is -0.384. The molecule has 104 valence electrons. The summed E-state index contributed by atoms with van der Waals surface area (Å²) in [5.74, 6) is 0. The fourth-order valence-corrected chi connectivity index (χ4v) is 2.76. The largest absolute Gasteiger partial charge is 0.394 e. The Morgan fingerprint density at radius 3 is 2.63 bits per heavy atom. The van der Waals surface area contributed by atoms with Gasteiger partial charge in [0.1, 0.15) is 0 Å². The summed E-state index contributed by atoms with van der Waals surface area (Å²) in [4.78, 5) is 10.2. The predicted molar refractivity (Wildman–Crippen MR) is 73.2 cm³/mol. The average molecular weight is 285 g/mol. The highest BCUT2D eigenvalue weighted by Gasteiger charge is 2.32. The lowest BCUT2D eigenvalue weighted by Gasteiger charge is -2.28. The van der Waals surface area contributed by atoms with Gasteiger partial charge in [0.05, 0.1) is 16.6 Å². The first-order valence-corrected chi connectivity index (χ1v) is 6.73. The number of nitrogens with one attached hydrogen (secondary N) is 1. The van der Waals surface area contributed by atoms with Gasteiger partial charge in [-0.25, -0.2) is 0 Å². The summed E-state index contributed by atoms with van der Waals surface area (Å²) in [5, 5.41) is 23.9. The summed E-state index contributed by atoms with van der Waals surface area (Å²) in [6.07, 6.45) is 4.13. The summed E-state index contributed by atoms with van der Waals surface area (Å²) in [5.41, 5.74) is 0.587. The van der Waals surface area contributed by atoms with Crippen molar-refractivity contribution < 1.29 is 10.0 Å². The van der Waals surface area contributed by atoms with E-state index in [0.29, 0.717) is 11.6 Å². The number of nitro benzene ring substituents is 1. The minimum Gasteiger partial charge on any atom is -0.394 e. The summed E-state index contributed by atoms with van der Waals surface area (Å²) in [6, 6.07) is 4.47. The van der Waals surface area contributed by atoms with Crippen LogP contribution in [0.2, 0.25) is 5.02 Å². The molecule has 1 aromatic rings. The molecule has 0 saturated heterocycles. The SMILES string of the molecule is O=[N+]([O-])c1ccc(CNC2(CO)CCCC2)c(Cl)c1. The van der Waals surface area contributed by atoms with Crippen molar-refractivity contribution in [1.29, 1.82) is 0 Å². The van der Waals surface area contributed by atoms with Gasteiger partial charge in [0, 0.05) is 24.2 Å². The van der Waals surface area contributed by atoms with Crippen molar-refractivity contribution in [2.24, 2.45) is 0 Å². The van der Waals surface area contributed by atoms with Crippen LogP contribution < -0.4 is 5.32 Å². The normalized spacial score (nSPS) is 17.6. The first-order chi connectivity index (χ1) is 9.06. The third-order valence-corrected chi connectivity index (χ3v) is 4.12. The molecule has 0 heterocycles. The zero-order chi connectivity index (χ0) is 13.9. The van der Waals surface area contributed by atoms with Crippen LogP contribution in [0, 0.1) is 10.1 Å². The molecule has 0 bridgehead atoms. The fraction of sp³-hybridized carbons (Fsp3) is 0.538. The van der Waals surface area contributed by atoms with Gasteiger partial charge in [-0.2, -0.15) is 0 Å². The van der Waals surface area contributed by atoms with E-state index >= 15 is 0 Å². The molecule has 2 N–H and O–H groups in total. The summed E-state index contributed by atoms with van der Waals surface area (Å²) in [6.45, 7) is 0.620. The number of rotatable bonds is 5. The van der Waals surface area contributed by atoms with Crippen molar-refractivity contribution in [2.75, 3.05) is 6.61 Å². The lowest BCUT2D eigenvalue weighted by Crippen LogP contribution is -2.45. The Bertz CT molecular complexity index is 473. The number of nitro groups is 1. The van der Waals surface area contributed by atoms with E-state index in [1.165, 1.54) is 12.1 Å². The zero-order valence-corrected chi connectivity index (χ0v) is 11.3. The van der Waals surface area contributed by atoms with Crippen molar-refractivity contribution in [2.45, 2.75) is 37.8 Å². The Hall–Kier alpha value is -1.17. The average Bonchev–Trinajstić information content (AvgIpc) is 2.86. The molecule has 0 atom stereocenters. The number of benzene rings is 1. The molecule has 1 saturated carbocycles. The van der Waals surface area contributed by atoms with Gasteiger partial charge in [-0.15, -0.1) is 0 Å². The number of hydrogen-bond donors (Lipinski definition) is 2. The van der Waals surface area contributed by atoms with Crippen LogP contribution in [0.15, 0.2) is 18.2 Å². The highest BCUT2D eigenvalue weighted by Crippen LogP contribution is 2.30. The Balaban J connectivity index is 2.05. The van der Waals surface area contributed by atoms with E-state index in [4.69, 9.17) is 11.6 Å². The maximum absolute atomic E-state index is 10.6. The molecule has 2 rings (SSSR count). The number of hydrogen-bond acceptors (Lipinski definition) is 4. The maximum atomic E-state index is 10.6. The second kappa shape index (κ2) is 5.86. The molecular weight excluding hydrogens is 268 g/mol. The molecule has 1 fully saturated rings. The molecule has 1 aromatic carbocycles. The topological polar surface area (TPSA) is 75.4 Å². The first-order valence-electron chi connectivity index (χ1n) is 6.35. The van der Waals surface area contributed by atoms with E-state index in [0.717, 1.165) is 31.2 Å². The van der Waals surface area contributed by atoms with Crippen LogP contribution in [0.1, 0.15) is 31.2 Å². The van der Waals surface area contributed by atoms with Gasteiger partial charge in [-0.3, -0.25) is 10.1 Å². The summed E-state index contributed by atoms with van der Waals surface area (Å²) in [7, 11) is 0. The molecular formula is C13H17ClN2O3. The van der Waals surface area contributed by atoms with Crippen LogP contribution in [0.5, 0.6) is 0 Å². The predicted octanol–water partition coefficient (Wildman–Crippen LogP) is 2.64. The van der Waals surface area contributed by atoms with Crippen LogP contribution in [0.3, 0.4) is 0 Å². The van der Waals surface area contributed by atoms with Gasteiger partial charge in [0.15, 0.2) is 0 Å².